The lowest BCUT2D eigenvalue weighted by molar-refractivity contribution is 0.0972. The summed E-state index contributed by atoms with van der Waals surface area (Å²) < 4.78 is 0. The van der Waals surface area contributed by atoms with Gasteiger partial charge in [-0.15, -0.1) is 22.7 Å². The first-order chi connectivity index (χ1) is 11.6. The van der Waals surface area contributed by atoms with E-state index in [4.69, 9.17) is 24.4 Å². The molecule has 2 heterocycles. The fourth-order valence-electron chi connectivity index (χ4n) is 1.59. The zero-order valence-corrected chi connectivity index (χ0v) is 15.6. The van der Waals surface area contributed by atoms with Gasteiger partial charge in [-0.1, -0.05) is 12.1 Å². The van der Waals surface area contributed by atoms with Gasteiger partial charge in [0.05, 0.1) is 9.75 Å². The largest absolute Gasteiger partial charge is 0.361 e. The Morgan fingerprint density at radius 2 is 1.25 bits per heavy atom. The van der Waals surface area contributed by atoms with Crippen molar-refractivity contribution < 1.29 is 9.59 Å². The van der Waals surface area contributed by atoms with Gasteiger partial charge in [0.25, 0.3) is 11.8 Å². The maximum atomic E-state index is 11.8. The molecule has 0 aliphatic rings. The van der Waals surface area contributed by atoms with Crippen LogP contribution in [0.25, 0.3) is 0 Å². The molecule has 0 atom stereocenters. The lowest BCUT2D eigenvalue weighted by Gasteiger charge is -2.11. The third-order valence-corrected chi connectivity index (χ3v) is 4.87. The van der Waals surface area contributed by atoms with Crippen LogP contribution in [-0.2, 0) is 0 Å². The first-order valence-electron chi connectivity index (χ1n) is 6.81. The molecule has 0 fully saturated rings. The lowest BCUT2D eigenvalue weighted by Crippen LogP contribution is -2.45. The summed E-state index contributed by atoms with van der Waals surface area (Å²) in [5.41, 5.74) is 0. The molecule has 6 nitrogen and oxygen atoms in total. The van der Waals surface area contributed by atoms with E-state index in [-0.39, 0.29) is 22.0 Å². The summed E-state index contributed by atoms with van der Waals surface area (Å²) in [5.74, 6) is -0.483. The SMILES string of the molecule is O=C(NC(=S)NCCNC(=S)NC(=O)c1cccs1)c1cccs1. The van der Waals surface area contributed by atoms with E-state index in [9.17, 15) is 9.59 Å². The van der Waals surface area contributed by atoms with Crippen LogP contribution in [0.5, 0.6) is 0 Å². The molecule has 0 radical (unpaired) electrons. The summed E-state index contributed by atoms with van der Waals surface area (Å²) in [6.07, 6.45) is 0. The van der Waals surface area contributed by atoms with Crippen LogP contribution in [0.1, 0.15) is 19.3 Å². The molecule has 0 spiro atoms. The van der Waals surface area contributed by atoms with Crippen LogP contribution >= 0.6 is 47.1 Å². The van der Waals surface area contributed by atoms with Crippen LogP contribution in [0.2, 0.25) is 0 Å². The number of carbonyl (C=O) groups is 2. The van der Waals surface area contributed by atoms with Crippen molar-refractivity contribution in [3.8, 4) is 0 Å². The van der Waals surface area contributed by atoms with Gasteiger partial charge < -0.3 is 10.6 Å². The standard InChI is InChI=1S/C14H14N4O2S4/c19-11(9-3-1-7-23-9)17-13(21)15-5-6-16-14(22)18-12(20)10-4-2-8-24-10/h1-4,7-8H,5-6H2,(H2,15,17,19,21)(H2,16,18,20,22). The fraction of sp³-hybridized carbons (Fsp3) is 0.143. The smallest absolute Gasteiger partial charge is 0.267 e. The molecule has 0 unspecified atom stereocenters. The molecule has 2 amide bonds. The van der Waals surface area contributed by atoms with E-state index < -0.39 is 0 Å². The number of carbonyl (C=O) groups excluding carboxylic acids is 2. The van der Waals surface area contributed by atoms with Gasteiger partial charge in [0, 0.05) is 13.1 Å². The molecule has 2 aromatic heterocycles. The van der Waals surface area contributed by atoms with E-state index in [1.54, 1.807) is 24.3 Å². The van der Waals surface area contributed by atoms with Crippen molar-refractivity contribution in [3.05, 3.63) is 44.8 Å². The summed E-state index contributed by atoms with van der Waals surface area (Å²) in [6, 6.07) is 7.04. The maximum absolute atomic E-state index is 11.8. The van der Waals surface area contributed by atoms with Crippen LogP contribution < -0.4 is 21.3 Å². The number of hydrogen-bond donors (Lipinski definition) is 4. The number of thiophene rings is 2. The van der Waals surface area contributed by atoms with Crippen molar-refractivity contribution in [2.45, 2.75) is 0 Å². The molecule has 2 rings (SSSR count). The predicted molar refractivity (Wildman–Crippen MR) is 105 cm³/mol. The predicted octanol–water partition coefficient (Wildman–Crippen LogP) is 1.72. The summed E-state index contributed by atoms with van der Waals surface area (Å²) in [5, 5.41) is 15.1. The Morgan fingerprint density at radius 3 is 1.58 bits per heavy atom. The topological polar surface area (TPSA) is 82.3 Å². The number of nitrogens with one attached hydrogen (secondary N) is 4. The number of amides is 2. The third kappa shape index (κ3) is 5.96. The van der Waals surface area contributed by atoms with E-state index >= 15 is 0 Å². The number of hydrogen-bond acceptors (Lipinski definition) is 6. The quantitative estimate of drug-likeness (QED) is 0.454. The lowest BCUT2D eigenvalue weighted by atomic mass is 10.4. The fourth-order valence-corrected chi connectivity index (χ4v) is 3.21. The van der Waals surface area contributed by atoms with Crippen molar-refractivity contribution in [2.75, 3.05) is 13.1 Å². The normalized spacial score (nSPS) is 9.83. The van der Waals surface area contributed by atoms with E-state index in [2.05, 4.69) is 21.3 Å². The van der Waals surface area contributed by atoms with Gasteiger partial charge in [-0.25, -0.2) is 0 Å². The van der Waals surface area contributed by atoms with E-state index in [1.807, 2.05) is 10.8 Å². The Bertz CT molecular complexity index is 651. The summed E-state index contributed by atoms with van der Waals surface area (Å²) >= 11 is 12.8. The first kappa shape index (κ1) is 18.5. The molecule has 0 aliphatic carbocycles. The second-order valence-electron chi connectivity index (χ2n) is 4.37. The molecule has 0 saturated carbocycles. The second-order valence-corrected chi connectivity index (χ2v) is 7.09. The first-order valence-corrected chi connectivity index (χ1v) is 9.39. The Kier molecular flexibility index (Phi) is 7.25. The Morgan fingerprint density at radius 1 is 0.833 bits per heavy atom. The Hall–Kier alpha value is -1.88. The molecular formula is C14H14N4O2S4. The summed E-state index contributed by atoms with van der Waals surface area (Å²) in [7, 11) is 0. The highest BCUT2D eigenvalue weighted by Gasteiger charge is 2.09. The average molecular weight is 399 g/mol. The molecule has 4 N–H and O–H groups in total. The van der Waals surface area contributed by atoms with Crippen molar-refractivity contribution >= 4 is 69.1 Å². The monoisotopic (exact) mass is 398 g/mol. The van der Waals surface area contributed by atoms with E-state index in [0.29, 0.717) is 22.8 Å². The average Bonchev–Trinajstić information content (AvgIpc) is 3.24. The highest BCUT2D eigenvalue weighted by atomic mass is 32.1. The minimum Gasteiger partial charge on any atom is -0.361 e. The molecule has 2 aromatic rings. The van der Waals surface area contributed by atoms with Crippen LogP contribution in [0.3, 0.4) is 0 Å². The van der Waals surface area contributed by atoms with Gasteiger partial charge in [0.2, 0.25) is 0 Å². The molecule has 10 heteroatoms. The molecule has 24 heavy (non-hydrogen) atoms. The minimum atomic E-state index is -0.241. The van der Waals surface area contributed by atoms with Crippen LogP contribution in [0.15, 0.2) is 35.0 Å². The van der Waals surface area contributed by atoms with Gasteiger partial charge in [-0.2, -0.15) is 0 Å². The van der Waals surface area contributed by atoms with E-state index in [1.165, 1.54) is 22.7 Å². The third-order valence-electron chi connectivity index (χ3n) is 2.64. The highest BCUT2D eigenvalue weighted by Crippen LogP contribution is 2.08. The van der Waals surface area contributed by atoms with Crippen LogP contribution in [0.4, 0.5) is 0 Å². The zero-order valence-electron chi connectivity index (χ0n) is 12.3. The Labute approximate surface area is 157 Å². The molecule has 0 saturated heterocycles. The van der Waals surface area contributed by atoms with E-state index in [0.717, 1.165) is 0 Å². The highest BCUT2D eigenvalue weighted by molar-refractivity contribution is 7.80. The van der Waals surface area contributed by atoms with Gasteiger partial charge in [0.1, 0.15) is 0 Å². The molecule has 126 valence electrons. The minimum absolute atomic E-state index is 0.240. The van der Waals surface area contributed by atoms with Crippen molar-refractivity contribution in [1.82, 2.24) is 21.3 Å². The van der Waals surface area contributed by atoms with Crippen molar-refractivity contribution in [1.29, 1.82) is 0 Å². The van der Waals surface area contributed by atoms with Gasteiger partial charge in [-0.05, 0) is 47.3 Å². The number of rotatable bonds is 5. The molecular weight excluding hydrogens is 384 g/mol. The van der Waals surface area contributed by atoms with Gasteiger partial charge in [-0.3, -0.25) is 20.2 Å². The maximum Gasteiger partial charge on any atom is 0.267 e. The molecule has 0 aliphatic heterocycles. The second kappa shape index (κ2) is 9.42. The van der Waals surface area contributed by atoms with Crippen LogP contribution in [-0.4, -0.2) is 35.1 Å². The molecule has 0 aromatic carbocycles. The molecule has 0 bridgehead atoms. The number of thiocarbonyl (C=S) groups is 2. The van der Waals surface area contributed by atoms with Gasteiger partial charge >= 0.3 is 0 Å². The Balaban J connectivity index is 1.60. The summed E-state index contributed by atoms with van der Waals surface area (Å²) in [4.78, 5) is 24.7. The zero-order chi connectivity index (χ0) is 17.4. The summed E-state index contributed by atoms with van der Waals surface area (Å²) in [6.45, 7) is 0.886. The van der Waals surface area contributed by atoms with Crippen molar-refractivity contribution in [2.24, 2.45) is 0 Å². The van der Waals surface area contributed by atoms with Gasteiger partial charge in [0.15, 0.2) is 10.2 Å². The van der Waals surface area contributed by atoms with Crippen LogP contribution in [0, 0.1) is 0 Å². The van der Waals surface area contributed by atoms with Crippen molar-refractivity contribution in [3.63, 3.8) is 0 Å².